The van der Waals surface area contributed by atoms with E-state index in [1.165, 1.54) is 24.5 Å². The van der Waals surface area contributed by atoms with Crippen LogP contribution in [0.2, 0.25) is 0 Å². The number of hydrogen-bond acceptors (Lipinski definition) is 1. The van der Waals surface area contributed by atoms with Crippen molar-refractivity contribution < 1.29 is 9.18 Å². The van der Waals surface area contributed by atoms with Crippen molar-refractivity contribution in [3.05, 3.63) is 58.6 Å². The second-order valence-electron chi connectivity index (χ2n) is 6.79. The van der Waals surface area contributed by atoms with Crippen molar-refractivity contribution in [1.82, 2.24) is 10.2 Å². The third-order valence-corrected chi connectivity index (χ3v) is 5.02. The van der Waals surface area contributed by atoms with E-state index in [-0.39, 0.29) is 11.8 Å². The average molecular weight is 389 g/mol. The monoisotopic (exact) mass is 388 g/mol. The van der Waals surface area contributed by atoms with Gasteiger partial charge in [0, 0.05) is 17.8 Å². The minimum absolute atomic E-state index is 0.143. The zero-order valence-corrected chi connectivity index (χ0v) is 18.4. The molecule has 2 amide bonds. The molecule has 4 heteroatoms. The van der Waals surface area contributed by atoms with E-state index < -0.39 is 0 Å². The van der Waals surface area contributed by atoms with E-state index in [0.717, 1.165) is 24.1 Å². The van der Waals surface area contributed by atoms with Crippen molar-refractivity contribution in [2.24, 2.45) is 5.92 Å². The van der Waals surface area contributed by atoms with Gasteiger partial charge in [-0.2, -0.15) is 0 Å². The highest BCUT2D eigenvalue weighted by atomic mass is 19.1. The molecule has 1 heterocycles. The van der Waals surface area contributed by atoms with Crippen LogP contribution in [-0.4, -0.2) is 10.9 Å². The third-order valence-electron chi connectivity index (χ3n) is 5.02. The Bertz CT molecular complexity index is 694. The van der Waals surface area contributed by atoms with Gasteiger partial charge in [-0.15, -0.1) is 0 Å². The van der Waals surface area contributed by atoms with Crippen LogP contribution in [0.1, 0.15) is 78.4 Å². The molecule has 1 N–H and O–H groups in total. The quantitative estimate of drug-likeness (QED) is 0.595. The van der Waals surface area contributed by atoms with Gasteiger partial charge >= 0.3 is 6.03 Å². The molecule has 3 rings (SSSR count). The average Bonchev–Trinajstić information content (AvgIpc) is 3.18. The van der Waals surface area contributed by atoms with Gasteiger partial charge < -0.3 is 10.2 Å². The maximum absolute atomic E-state index is 13.8. The Kier molecular flexibility index (Phi) is 10.6. The first-order valence-electron chi connectivity index (χ1n) is 10.8. The maximum atomic E-state index is 13.8. The lowest BCUT2D eigenvalue weighted by Crippen LogP contribution is -2.36. The standard InChI is InChI=1S/C20H25FN2O.2C2H6/c1-3-5-14(2)15-8-10-17(11-9-15)22-20(24)23-12-16-6-4-7-19(21)18(16)13-23;2*1-2/h4,6-8,10,14H,3,5,9,11-13H2,1-2H3,(H,22,24);2*1-2H3. The molecule has 1 aliphatic heterocycles. The van der Waals surface area contributed by atoms with E-state index in [9.17, 15) is 9.18 Å². The largest absolute Gasteiger partial charge is 0.322 e. The molecule has 0 fully saturated rings. The maximum Gasteiger partial charge on any atom is 0.322 e. The van der Waals surface area contributed by atoms with Gasteiger partial charge in [-0.05, 0) is 42.9 Å². The van der Waals surface area contributed by atoms with Gasteiger partial charge in [-0.1, -0.05) is 71.7 Å². The number of nitrogens with zero attached hydrogens (tertiary/aromatic N) is 1. The first kappa shape index (κ1) is 23.9. The van der Waals surface area contributed by atoms with E-state index in [1.807, 2.05) is 39.8 Å². The highest BCUT2D eigenvalue weighted by Gasteiger charge is 2.26. The van der Waals surface area contributed by atoms with E-state index >= 15 is 0 Å². The molecule has 156 valence electrons. The number of amides is 2. The van der Waals surface area contributed by atoms with Crippen LogP contribution in [0, 0.1) is 11.7 Å². The van der Waals surface area contributed by atoms with Gasteiger partial charge in [0.2, 0.25) is 0 Å². The number of rotatable bonds is 4. The predicted molar refractivity (Wildman–Crippen MR) is 116 cm³/mol. The first-order chi connectivity index (χ1) is 13.6. The van der Waals surface area contributed by atoms with Crippen LogP contribution in [0.15, 0.2) is 41.6 Å². The van der Waals surface area contributed by atoms with Crippen molar-refractivity contribution in [2.75, 3.05) is 0 Å². The molecular weight excluding hydrogens is 351 g/mol. The van der Waals surface area contributed by atoms with Gasteiger partial charge in [0.1, 0.15) is 5.82 Å². The summed E-state index contributed by atoms with van der Waals surface area (Å²) in [7, 11) is 0. The number of fused-ring (bicyclic) bond motifs is 1. The van der Waals surface area contributed by atoms with Crippen molar-refractivity contribution in [1.29, 1.82) is 0 Å². The van der Waals surface area contributed by atoms with Crippen LogP contribution in [0.5, 0.6) is 0 Å². The van der Waals surface area contributed by atoms with Crippen LogP contribution in [0.25, 0.3) is 0 Å². The van der Waals surface area contributed by atoms with Crippen molar-refractivity contribution >= 4 is 6.03 Å². The summed E-state index contributed by atoms with van der Waals surface area (Å²) in [6.45, 7) is 13.3. The zero-order chi connectivity index (χ0) is 21.1. The van der Waals surface area contributed by atoms with Crippen LogP contribution in [0.3, 0.4) is 0 Å². The Morgan fingerprint density at radius 3 is 2.43 bits per heavy atom. The fraction of sp³-hybridized carbons (Fsp3) is 0.542. The molecule has 1 unspecified atom stereocenters. The Morgan fingerprint density at radius 1 is 1.14 bits per heavy atom. The minimum atomic E-state index is -0.225. The zero-order valence-electron chi connectivity index (χ0n) is 18.4. The molecule has 1 atom stereocenters. The van der Waals surface area contributed by atoms with Gasteiger partial charge in [-0.25, -0.2) is 9.18 Å². The number of hydrogen-bond donors (Lipinski definition) is 1. The highest BCUT2D eigenvalue weighted by molar-refractivity contribution is 5.77. The van der Waals surface area contributed by atoms with E-state index in [2.05, 4.69) is 25.2 Å². The third kappa shape index (κ3) is 6.22. The second-order valence-corrected chi connectivity index (χ2v) is 6.79. The molecule has 1 aliphatic carbocycles. The summed E-state index contributed by atoms with van der Waals surface area (Å²) in [6.07, 6.45) is 8.43. The minimum Gasteiger partial charge on any atom is -0.316 e. The molecule has 1 aromatic carbocycles. The summed E-state index contributed by atoms with van der Waals surface area (Å²) in [5.74, 6) is 0.386. The molecule has 0 saturated carbocycles. The summed E-state index contributed by atoms with van der Waals surface area (Å²) in [5, 5.41) is 2.99. The van der Waals surface area contributed by atoms with Crippen LogP contribution >= 0.6 is 0 Å². The number of urea groups is 1. The number of carbonyl (C=O) groups excluding carboxylic acids is 1. The van der Waals surface area contributed by atoms with Crippen molar-refractivity contribution in [3.8, 4) is 0 Å². The number of nitrogens with one attached hydrogen (secondary N) is 1. The molecular formula is C24H37FN2O. The van der Waals surface area contributed by atoms with Crippen LogP contribution < -0.4 is 5.32 Å². The van der Waals surface area contributed by atoms with Crippen molar-refractivity contribution in [2.45, 2.75) is 80.3 Å². The SMILES string of the molecule is CC.CC.CCCC(C)C1=CC=C(NC(=O)N2Cc3cccc(F)c3C2)CC1. The van der Waals surface area contributed by atoms with Gasteiger partial charge in [0.15, 0.2) is 0 Å². The Morgan fingerprint density at radius 2 is 1.86 bits per heavy atom. The van der Waals surface area contributed by atoms with E-state index in [1.54, 1.807) is 11.0 Å². The molecule has 0 aromatic heterocycles. The Balaban J connectivity index is 0.000000921. The fourth-order valence-electron chi connectivity index (χ4n) is 3.53. The Hall–Kier alpha value is -2.10. The van der Waals surface area contributed by atoms with E-state index in [0.29, 0.717) is 24.6 Å². The molecule has 3 nitrogen and oxygen atoms in total. The molecule has 28 heavy (non-hydrogen) atoms. The van der Waals surface area contributed by atoms with Crippen molar-refractivity contribution in [3.63, 3.8) is 0 Å². The second kappa shape index (κ2) is 12.4. The number of allylic oxidation sites excluding steroid dienone is 4. The predicted octanol–water partition coefficient (Wildman–Crippen LogP) is 6.94. The summed E-state index contributed by atoms with van der Waals surface area (Å²) in [4.78, 5) is 14.1. The van der Waals surface area contributed by atoms with Gasteiger partial charge in [0.25, 0.3) is 0 Å². The van der Waals surface area contributed by atoms with Crippen LogP contribution in [0.4, 0.5) is 9.18 Å². The van der Waals surface area contributed by atoms with E-state index in [4.69, 9.17) is 0 Å². The number of halogens is 1. The summed E-state index contributed by atoms with van der Waals surface area (Å²) < 4.78 is 13.8. The highest BCUT2D eigenvalue weighted by Crippen LogP contribution is 2.28. The summed E-state index contributed by atoms with van der Waals surface area (Å²) in [5.41, 5.74) is 3.95. The number of carbonyl (C=O) groups is 1. The lowest BCUT2D eigenvalue weighted by Gasteiger charge is -2.22. The number of benzene rings is 1. The molecule has 0 spiro atoms. The lowest BCUT2D eigenvalue weighted by atomic mass is 9.89. The molecule has 2 aliphatic rings. The smallest absolute Gasteiger partial charge is 0.316 e. The molecule has 0 radical (unpaired) electrons. The van der Waals surface area contributed by atoms with Crippen LogP contribution in [-0.2, 0) is 13.1 Å². The Labute approximate surface area is 170 Å². The summed E-state index contributed by atoms with van der Waals surface area (Å²) in [6, 6.07) is 4.89. The molecule has 1 aromatic rings. The molecule has 0 bridgehead atoms. The normalized spacial score (nSPS) is 15.8. The summed E-state index contributed by atoms with van der Waals surface area (Å²) >= 11 is 0. The van der Waals surface area contributed by atoms with Gasteiger partial charge in [-0.3, -0.25) is 0 Å². The first-order valence-corrected chi connectivity index (χ1v) is 10.8. The van der Waals surface area contributed by atoms with Gasteiger partial charge in [0.05, 0.1) is 6.54 Å². The topological polar surface area (TPSA) is 32.3 Å². The molecule has 0 saturated heterocycles. The lowest BCUT2D eigenvalue weighted by molar-refractivity contribution is 0.200. The fourth-order valence-corrected chi connectivity index (χ4v) is 3.53.